The molecule has 0 unspecified atom stereocenters. The number of hydrogen-bond acceptors (Lipinski definition) is 3. The minimum atomic E-state index is -0.342. The number of nitrogens with one attached hydrogen (secondary N) is 4. The Bertz CT molecular complexity index is 892. The highest BCUT2D eigenvalue weighted by Crippen LogP contribution is 2.22. The van der Waals surface area contributed by atoms with Crippen LogP contribution in [0.3, 0.4) is 0 Å². The summed E-state index contributed by atoms with van der Waals surface area (Å²) in [4.78, 5) is 26.6. The van der Waals surface area contributed by atoms with E-state index in [9.17, 15) is 4.79 Å². The highest BCUT2D eigenvalue weighted by Gasteiger charge is 2.10. The first-order valence-electron chi connectivity index (χ1n) is 6.73. The van der Waals surface area contributed by atoms with Crippen molar-refractivity contribution in [1.29, 1.82) is 0 Å². The van der Waals surface area contributed by atoms with Gasteiger partial charge in [0.15, 0.2) is 0 Å². The van der Waals surface area contributed by atoms with Gasteiger partial charge in [-0.3, -0.25) is 0 Å². The number of rotatable bonds is 2. The van der Waals surface area contributed by atoms with Gasteiger partial charge in [0, 0.05) is 0 Å². The van der Waals surface area contributed by atoms with Crippen LogP contribution in [-0.2, 0) is 0 Å². The Balaban J connectivity index is 1.60. The van der Waals surface area contributed by atoms with E-state index in [-0.39, 0.29) is 6.03 Å². The molecule has 2 aromatic heterocycles. The molecule has 2 aromatic carbocycles. The molecule has 7 nitrogen and oxygen atoms in total. The van der Waals surface area contributed by atoms with Gasteiger partial charge < -0.3 is 20.6 Å². The normalized spacial score (nSPS) is 10.9. The number of aromatic amines is 2. The largest absolute Gasteiger partial charge is 0.345 e. The van der Waals surface area contributed by atoms with Gasteiger partial charge in [-0.1, -0.05) is 12.1 Å². The van der Waals surface area contributed by atoms with Crippen LogP contribution in [0.15, 0.2) is 49.1 Å². The number of benzene rings is 2. The van der Waals surface area contributed by atoms with Gasteiger partial charge in [-0.05, 0) is 24.3 Å². The summed E-state index contributed by atoms with van der Waals surface area (Å²) < 4.78 is 0. The molecule has 0 saturated heterocycles. The van der Waals surface area contributed by atoms with Gasteiger partial charge >= 0.3 is 6.03 Å². The molecule has 0 bridgehead atoms. The summed E-state index contributed by atoms with van der Waals surface area (Å²) >= 11 is 0. The second-order valence-electron chi connectivity index (χ2n) is 4.79. The van der Waals surface area contributed by atoms with Crippen molar-refractivity contribution in [3.05, 3.63) is 49.1 Å². The fourth-order valence-electron chi connectivity index (χ4n) is 2.41. The van der Waals surface area contributed by atoms with Crippen LogP contribution < -0.4 is 10.6 Å². The zero-order chi connectivity index (χ0) is 14.9. The van der Waals surface area contributed by atoms with Crippen molar-refractivity contribution >= 4 is 39.5 Å². The number of imidazole rings is 2. The number of amides is 2. The molecule has 0 aliphatic heterocycles. The number of hydrogen-bond donors (Lipinski definition) is 4. The van der Waals surface area contributed by atoms with Gasteiger partial charge in [-0.15, -0.1) is 0 Å². The van der Waals surface area contributed by atoms with Crippen molar-refractivity contribution < 1.29 is 4.79 Å². The van der Waals surface area contributed by atoms with E-state index >= 15 is 0 Å². The van der Waals surface area contributed by atoms with Crippen LogP contribution in [0.2, 0.25) is 0 Å². The number of aromatic nitrogens is 4. The number of urea groups is 1. The summed E-state index contributed by atoms with van der Waals surface area (Å²) in [6.45, 7) is 0. The maximum atomic E-state index is 12.2. The molecule has 0 spiro atoms. The van der Waals surface area contributed by atoms with Crippen molar-refractivity contribution in [2.75, 3.05) is 10.6 Å². The molecule has 7 heteroatoms. The Morgan fingerprint density at radius 2 is 1.32 bits per heavy atom. The van der Waals surface area contributed by atoms with Crippen molar-refractivity contribution in [2.45, 2.75) is 0 Å². The molecule has 108 valence electrons. The summed E-state index contributed by atoms with van der Waals surface area (Å²) in [6.07, 6.45) is 3.19. The first-order chi connectivity index (χ1) is 10.8. The standard InChI is InChI=1S/C15H12N6O/c22-15(20-11-5-1-3-9-13(11)18-7-16-9)21-12-6-2-4-10-14(12)19-8-17-10/h1-8H,(H,16,18)(H,17,19)(H2,20,21,22). The molecule has 0 aliphatic carbocycles. The van der Waals surface area contributed by atoms with Gasteiger partial charge in [0.2, 0.25) is 0 Å². The number of H-pyrrole nitrogens is 2. The van der Waals surface area contributed by atoms with Crippen LogP contribution in [0, 0.1) is 0 Å². The highest BCUT2D eigenvalue weighted by atomic mass is 16.2. The highest BCUT2D eigenvalue weighted by molar-refractivity contribution is 6.07. The van der Waals surface area contributed by atoms with Gasteiger partial charge in [0.05, 0.1) is 35.1 Å². The van der Waals surface area contributed by atoms with Crippen LogP contribution in [0.1, 0.15) is 0 Å². The molecule has 0 fully saturated rings. The van der Waals surface area contributed by atoms with E-state index in [2.05, 4.69) is 30.6 Å². The number of carbonyl (C=O) groups is 1. The molecule has 0 aliphatic rings. The Hall–Kier alpha value is -3.35. The lowest BCUT2D eigenvalue weighted by molar-refractivity contribution is 0.262. The third-order valence-corrected chi connectivity index (χ3v) is 3.40. The predicted octanol–water partition coefficient (Wildman–Crippen LogP) is 3.08. The number of para-hydroxylation sites is 2. The average Bonchev–Trinajstić information content (AvgIpc) is 3.16. The Labute approximate surface area is 124 Å². The quantitative estimate of drug-likeness (QED) is 0.457. The van der Waals surface area contributed by atoms with Crippen molar-refractivity contribution in [2.24, 2.45) is 0 Å². The molecule has 0 atom stereocenters. The molecule has 4 rings (SSSR count). The number of nitrogens with zero attached hydrogens (tertiary/aromatic N) is 2. The van der Waals surface area contributed by atoms with E-state index in [0.717, 1.165) is 22.1 Å². The maximum absolute atomic E-state index is 12.2. The lowest BCUT2D eigenvalue weighted by atomic mass is 10.2. The van der Waals surface area contributed by atoms with Gasteiger partial charge in [0.1, 0.15) is 11.0 Å². The molecule has 0 saturated carbocycles. The van der Waals surface area contributed by atoms with Crippen molar-refractivity contribution in [1.82, 2.24) is 19.9 Å². The summed E-state index contributed by atoms with van der Waals surface area (Å²) in [6, 6.07) is 10.8. The fourth-order valence-corrected chi connectivity index (χ4v) is 2.41. The smallest absolute Gasteiger partial charge is 0.323 e. The van der Waals surface area contributed by atoms with Gasteiger partial charge in [0.25, 0.3) is 0 Å². The minimum absolute atomic E-state index is 0.342. The maximum Gasteiger partial charge on any atom is 0.323 e. The Morgan fingerprint density at radius 3 is 1.82 bits per heavy atom. The lowest BCUT2D eigenvalue weighted by Crippen LogP contribution is -2.19. The molecular formula is C15H12N6O. The SMILES string of the molecule is O=C(Nc1cccc2[nH]cnc12)Nc1cccc2[nH]cnc12. The minimum Gasteiger partial charge on any atom is -0.345 e. The zero-order valence-electron chi connectivity index (χ0n) is 11.4. The van der Waals surface area contributed by atoms with Crippen LogP contribution >= 0.6 is 0 Å². The second-order valence-corrected chi connectivity index (χ2v) is 4.79. The zero-order valence-corrected chi connectivity index (χ0v) is 11.4. The number of fused-ring (bicyclic) bond motifs is 2. The van der Waals surface area contributed by atoms with E-state index in [1.807, 2.05) is 24.3 Å². The fraction of sp³-hybridized carbons (Fsp3) is 0. The molecule has 4 aromatic rings. The monoisotopic (exact) mass is 292 g/mol. The van der Waals surface area contributed by atoms with Crippen LogP contribution in [-0.4, -0.2) is 26.0 Å². The van der Waals surface area contributed by atoms with Crippen molar-refractivity contribution in [3.63, 3.8) is 0 Å². The van der Waals surface area contributed by atoms with E-state index in [1.165, 1.54) is 0 Å². The molecule has 2 heterocycles. The van der Waals surface area contributed by atoms with Gasteiger partial charge in [-0.2, -0.15) is 0 Å². The third kappa shape index (κ3) is 2.05. The topological polar surface area (TPSA) is 98.5 Å². The van der Waals surface area contributed by atoms with E-state index in [4.69, 9.17) is 0 Å². The van der Waals surface area contributed by atoms with Crippen molar-refractivity contribution in [3.8, 4) is 0 Å². The second kappa shape index (κ2) is 4.88. The van der Waals surface area contributed by atoms with E-state index < -0.39 is 0 Å². The summed E-state index contributed by atoms with van der Waals surface area (Å²) in [5.74, 6) is 0. The number of carbonyl (C=O) groups excluding carboxylic acids is 1. The van der Waals surface area contributed by atoms with E-state index in [1.54, 1.807) is 24.8 Å². The third-order valence-electron chi connectivity index (χ3n) is 3.40. The molecular weight excluding hydrogens is 280 g/mol. The van der Waals surface area contributed by atoms with Crippen LogP contribution in [0.4, 0.5) is 16.2 Å². The average molecular weight is 292 g/mol. The van der Waals surface area contributed by atoms with E-state index in [0.29, 0.717) is 11.4 Å². The summed E-state index contributed by atoms with van der Waals surface area (Å²) in [7, 11) is 0. The Morgan fingerprint density at radius 1 is 0.818 bits per heavy atom. The molecule has 2 amide bonds. The van der Waals surface area contributed by atoms with Crippen LogP contribution in [0.5, 0.6) is 0 Å². The molecule has 22 heavy (non-hydrogen) atoms. The first kappa shape index (κ1) is 12.4. The summed E-state index contributed by atoms with van der Waals surface area (Å²) in [5.41, 5.74) is 4.46. The Kier molecular flexibility index (Phi) is 2.75. The van der Waals surface area contributed by atoms with Crippen LogP contribution in [0.25, 0.3) is 22.1 Å². The molecule has 0 radical (unpaired) electrons. The van der Waals surface area contributed by atoms with Gasteiger partial charge in [-0.25, -0.2) is 14.8 Å². The number of anilines is 2. The first-order valence-corrected chi connectivity index (χ1v) is 6.73. The summed E-state index contributed by atoms with van der Waals surface area (Å²) in [5, 5.41) is 5.61. The predicted molar refractivity (Wildman–Crippen MR) is 84.8 cm³/mol. The lowest BCUT2D eigenvalue weighted by Gasteiger charge is -2.08. The molecule has 4 N–H and O–H groups in total.